The molecule has 0 spiro atoms. The van der Waals surface area contributed by atoms with Crippen molar-refractivity contribution in [2.45, 2.75) is 43.5 Å². The predicted octanol–water partition coefficient (Wildman–Crippen LogP) is 4.47. The first-order valence-electron chi connectivity index (χ1n) is 8.27. The van der Waals surface area contributed by atoms with Gasteiger partial charge in [-0.05, 0) is 54.2 Å². The summed E-state index contributed by atoms with van der Waals surface area (Å²) in [5.74, 6) is 0.0200. The smallest absolute Gasteiger partial charge is 0.207 e. The Bertz CT molecular complexity index is 816. The van der Waals surface area contributed by atoms with E-state index in [4.69, 9.17) is 0 Å². The molecule has 0 saturated carbocycles. The highest BCUT2D eigenvalue weighted by Crippen LogP contribution is 2.36. The Hall–Kier alpha value is -1.72. The Morgan fingerprint density at radius 3 is 2.46 bits per heavy atom. The molecule has 0 N–H and O–H groups in total. The van der Waals surface area contributed by atoms with Crippen LogP contribution in [0, 0.1) is 5.82 Å². The summed E-state index contributed by atoms with van der Waals surface area (Å²) >= 11 is 0. The molecule has 0 aromatic heterocycles. The van der Waals surface area contributed by atoms with Gasteiger partial charge in [0, 0.05) is 6.54 Å². The van der Waals surface area contributed by atoms with E-state index in [1.165, 1.54) is 16.4 Å². The highest BCUT2D eigenvalue weighted by molar-refractivity contribution is 7.89. The quantitative estimate of drug-likeness (QED) is 0.818. The Balaban J connectivity index is 1.93. The lowest BCUT2D eigenvalue weighted by atomic mass is 10.0. The van der Waals surface area contributed by atoms with Crippen LogP contribution in [0.5, 0.6) is 0 Å². The van der Waals surface area contributed by atoms with Gasteiger partial charge >= 0.3 is 0 Å². The van der Waals surface area contributed by atoms with Crippen molar-refractivity contribution in [1.82, 2.24) is 4.31 Å². The number of sulfonamides is 1. The van der Waals surface area contributed by atoms with Crippen molar-refractivity contribution < 1.29 is 12.8 Å². The van der Waals surface area contributed by atoms with Crippen LogP contribution >= 0.6 is 0 Å². The zero-order chi connectivity index (χ0) is 17.3. The van der Waals surface area contributed by atoms with Crippen LogP contribution in [0.15, 0.2) is 53.4 Å². The molecule has 128 valence electrons. The van der Waals surface area contributed by atoms with Crippen LogP contribution in [0.3, 0.4) is 0 Å². The van der Waals surface area contributed by atoms with Crippen molar-refractivity contribution in [3.8, 4) is 0 Å². The summed E-state index contributed by atoms with van der Waals surface area (Å²) in [7, 11) is -3.58. The lowest BCUT2D eigenvalue weighted by molar-refractivity contribution is 0.395. The summed E-state index contributed by atoms with van der Waals surface area (Å²) in [4.78, 5) is 0.301. The van der Waals surface area contributed by atoms with Crippen molar-refractivity contribution in [2.75, 3.05) is 6.54 Å². The first-order chi connectivity index (χ1) is 11.4. The first-order valence-corrected chi connectivity index (χ1v) is 9.71. The molecule has 3 nitrogen and oxygen atoms in total. The molecule has 1 aliphatic heterocycles. The monoisotopic (exact) mass is 347 g/mol. The van der Waals surface area contributed by atoms with Crippen LogP contribution in [0.2, 0.25) is 0 Å². The molecule has 1 atom stereocenters. The summed E-state index contributed by atoms with van der Waals surface area (Å²) in [6, 6.07) is 13.0. The molecular formula is C19H22FNO2S. The van der Waals surface area contributed by atoms with E-state index in [-0.39, 0.29) is 11.9 Å². The number of nitrogens with zero attached hydrogens (tertiary/aromatic N) is 1. The van der Waals surface area contributed by atoms with E-state index in [0.29, 0.717) is 23.8 Å². The van der Waals surface area contributed by atoms with E-state index in [0.717, 1.165) is 17.5 Å². The fraction of sp³-hybridized carbons (Fsp3) is 0.368. The van der Waals surface area contributed by atoms with Crippen molar-refractivity contribution in [1.29, 1.82) is 0 Å². The topological polar surface area (TPSA) is 37.4 Å². The van der Waals surface area contributed by atoms with E-state index in [9.17, 15) is 12.8 Å². The summed E-state index contributed by atoms with van der Waals surface area (Å²) < 4.78 is 41.1. The molecule has 2 aromatic carbocycles. The molecule has 24 heavy (non-hydrogen) atoms. The standard InChI is InChI=1S/C19H22FNO2S/c1-14(2)15-8-10-18(11-9-15)24(22,23)21-12-4-7-19(21)16-5-3-6-17(20)13-16/h3,5-6,8-11,13-14,19H,4,7,12H2,1-2H3/t19-/m0/s1. The van der Waals surface area contributed by atoms with Crippen LogP contribution < -0.4 is 0 Å². The van der Waals surface area contributed by atoms with Crippen LogP contribution in [0.4, 0.5) is 4.39 Å². The molecule has 1 saturated heterocycles. The second-order valence-corrected chi connectivity index (χ2v) is 8.44. The Morgan fingerprint density at radius 2 is 1.83 bits per heavy atom. The molecule has 2 aromatic rings. The first kappa shape index (κ1) is 17.1. The van der Waals surface area contributed by atoms with Gasteiger partial charge < -0.3 is 0 Å². The van der Waals surface area contributed by atoms with Gasteiger partial charge in [-0.15, -0.1) is 0 Å². The van der Waals surface area contributed by atoms with E-state index in [2.05, 4.69) is 13.8 Å². The lowest BCUT2D eigenvalue weighted by Gasteiger charge is -2.24. The molecule has 0 unspecified atom stereocenters. The van der Waals surface area contributed by atoms with E-state index in [1.807, 2.05) is 12.1 Å². The van der Waals surface area contributed by atoms with Gasteiger partial charge in [0.05, 0.1) is 10.9 Å². The molecular weight excluding hydrogens is 325 g/mol. The number of halogens is 1. The molecule has 0 amide bonds. The molecule has 0 aliphatic carbocycles. The van der Waals surface area contributed by atoms with E-state index < -0.39 is 10.0 Å². The van der Waals surface area contributed by atoms with Crippen molar-refractivity contribution >= 4 is 10.0 Å². The Kier molecular flexibility index (Phi) is 4.74. The van der Waals surface area contributed by atoms with E-state index >= 15 is 0 Å². The summed E-state index contributed by atoms with van der Waals surface area (Å²) in [5.41, 5.74) is 1.83. The zero-order valence-corrected chi connectivity index (χ0v) is 14.8. The minimum Gasteiger partial charge on any atom is -0.207 e. The fourth-order valence-corrected chi connectivity index (χ4v) is 4.92. The maximum absolute atomic E-state index is 13.5. The molecule has 1 heterocycles. The predicted molar refractivity (Wildman–Crippen MR) is 92.8 cm³/mol. The second kappa shape index (κ2) is 6.65. The maximum Gasteiger partial charge on any atom is 0.243 e. The summed E-state index contributed by atoms with van der Waals surface area (Å²) in [6.07, 6.45) is 1.50. The average molecular weight is 347 g/mol. The highest BCUT2D eigenvalue weighted by atomic mass is 32.2. The Morgan fingerprint density at radius 1 is 1.12 bits per heavy atom. The third-order valence-electron chi connectivity index (χ3n) is 4.59. The summed E-state index contributed by atoms with van der Waals surface area (Å²) in [6.45, 7) is 4.61. The van der Waals surface area contributed by atoms with Gasteiger partial charge in [0.15, 0.2) is 0 Å². The number of hydrogen-bond acceptors (Lipinski definition) is 2. The molecule has 1 aliphatic rings. The van der Waals surface area contributed by atoms with E-state index in [1.54, 1.807) is 24.3 Å². The molecule has 3 rings (SSSR count). The average Bonchev–Trinajstić information content (AvgIpc) is 3.05. The zero-order valence-electron chi connectivity index (χ0n) is 13.9. The molecule has 5 heteroatoms. The third-order valence-corrected chi connectivity index (χ3v) is 6.51. The normalized spacial score (nSPS) is 19.1. The highest BCUT2D eigenvalue weighted by Gasteiger charge is 2.36. The van der Waals surface area contributed by atoms with Crippen molar-refractivity contribution in [2.24, 2.45) is 0 Å². The minimum atomic E-state index is -3.58. The van der Waals surface area contributed by atoms with Crippen molar-refractivity contribution in [3.05, 3.63) is 65.5 Å². The number of rotatable bonds is 4. The lowest BCUT2D eigenvalue weighted by Crippen LogP contribution is -2.30. The van der Waals surface area contributed by atoms with Crippen LogP contribution in [-0.2, 0) is 10.0 Å². The van der Waals surface area contributed by atoms with Gasteiger partial charge in [0.2, 0.25) is 10.0 Å². The molecule has 0 bridgehead atoms. The molecule has 0 radical (unpaired) electrons. The van der Waals surface area contributed by atoms with Crippen LogP contribution in [0.25, 0.3) is 0 Å². The van der Waals surface area contributed by atoms with Gasteiger partial charge in [-0.3, -0.25) is 0 Å². The van der Waals surface area contributed by atoms with Gasteiger partial charge in [-0.1, -0.05) is 38.1 Å². The van der Waals surface area contributed by atoms with Gasteiger partial charge in [-0.2, -0.15) is 4.31 Å². The fourth-order valence-electron chi connectivity index (χ4n) is 3.23. The Labute approximate surface area is 143 Å². The van der Waals surface area contributed by atoms with Crippen molar-refractivity contribution in [3.63, 3.8) is 0 Å². The summed E-state index contributed by atoms with van der Waals surface area (Å²) in [5, 5.41) is 0. The number of benzene rings is 2. The third kappa shape index (κ3) is 3.23. The van der Waals surface area contributed by atoms with Gasteiger partial charge in [0.1, 0.15) is 5.82 Å². The van der Waals surface area contributed by atoms with Crippen LogP contribution in [0.1, 0.15) is 49.8 Å². The second-order valence-electron chi connectivity index (χ2n) is 6.55. The maximum atomic E-state index is 13.5. The van der Waals surface area contributed by atoms with Crippen LogP contribution in [-0.4, -0.2) is 19.3 Å². The number of hydrogen-bond donors (Lipinski definition) is 0. The molecule has 1 fully saturated rings. The largest absolute Gasteiger partial charge is 0.243 e. The van der Waals surface area contributed by atoms with Gasteiger partial charge in [-0.25, -0.2) is 12.8 Å². The minimum absolute atomic E-state index is 0.296. The van der Waals surface area contributed by atoms with Gasteiger partial charge in [0.25, 0.3) is 0 Å². The SMILES string of the molecule is CC(C)c1ccc(S(=O)(=O)N2CCC[C@H]2c2cccc(F)c2)cc1.